The molecule has 0 radical (unpaired) electrons. The standard InChI is InChI=1S/C15H10Cl2FNO4/c16-15(17,19(21)22)13(11-7-4-8-12(18)9-11)23-14(20)10-5-2-1-3-6-10/h1-9,13H. The summed E-state index contributed by atoms with van der Waals surface area (Å²) in [5.74, 6) is -1.54. The first-order valence-corrected chi connectivity index (χ1v) is 7.11. The molecule has 0 aromatic heterocycles. The highest BCUT2D eigenvalue weighted by Crippen LogP contribution is 2.40. The molecule has 0 heterocycles. The van der Waals surface area contributed by atoms with Crippen molar-refractivity contribution in [3.63, 3.8) is 0 Å². The van der Waals surface area contributed by atoms with Crippen LogP contribution in [-0.2, 0) is 4.74 Å². The van der Waals surface area contributed by atoms with Crippen LogP contribution in [0.25, 0.3) is 0 Å². The zero-order chi connectivity index (χ0) is 17.0. The van der Waals surface area contributed by atoms with Crippen molar-refractivity contribution in [2.24, 2.45) is 0 Å². The average Bonchev–Trinajstić information content (AvgIpc) is 2.52. The van der Waals surface area contributed by atoms with E-state index in [0.29, 0.717) is 0 Å². The molecule has 0 saturated carbocycles. The number of alkyl halides is 2. The Bertz CT molecular complexity index is 724. The van der Waals surface area contributed by atoms with Gasteiger partial charge in [-0.3, -0.25) is 10.1 Å². The van der Waals surface area contributed by atoms with Gasteiger partial charge in [-0.1, -0.05) is 30.3 Å². The Kier molecular flexibility index (Phi) is 5.18. The highest BCUT2D eigenvalue weighted by Gasteiger charge is 2.51. The first kappa shape index (κ1) is 17.2. The van der Waals surface area contributed by atoms with Gasteiger partial charge in [0, 0.05) is 5.56 Å². The van der Waals surface area contributed by atoms with E-state index in [4.69, 9.17) is 27.9 Å². The van der Waals surface area contributed by atoms with E-state index in [1.54, 1.807) is 18.2 Å². The molecule has 2 rings (SSSR count). The third-order valence-corrected chi connectivity index (χ3v) is 3.62. The second-order valence-electron chi connectivity index (χ2n) is 4.55. The van der Waals surface area contributed by atoms with Gasteiger partial charge in [-0.25, -0.2) is 9.18 Å². The molecule has 0 fully saturated rings. The maximum Gasteiger partial charge on any atom is 0.411 e. The van der Waals surface area contributed by atoms with Crippen molar-refractivity contribution < 1.29 is 18.8 Å². The molecule has 0 saturated heterocycles. The van der Waals surface area contributed by atoms with Gasteiger partial charge >= 0.3 is 10.4 Å². The molecule has 2 aromatic rings. The van der Waals surface area contributed by atoms with Crippen LogP contribution in [0.1, 0.15) is 22.0 Å². The Hall–Kier alpha value is -2.18. The minimum Gasteiger partial charge on any atom is -0.443 e. The molecule has 0 bridgehead atoms. The number of carbonyl (C=O) groups is 1. The van der Waals surface area contributed by atoms with E-state index in [-0.39, 0.29) is 11.1 Å². The lowest BCUT2D eigenvalue weighted by atomic mass is 10.1. The number of ether oxygens (including phenoxy) is 1. The Morgan fingerprint density at radius 3 is 2.39 bits per heavy atom. The number of rotatable bonds is 5. The lowest BCUT2D eigenvalue weighted by molar-refractivity contribution is -0.528. The molecule has 0 aliphatic carbocycles. The predicted octanol–water partition coefficient (Wildman–Crippen LogP) is 4.13. The Labute approximate surface area is 140 Å². The van der Waals surface area contributed by atoms with Crippen LogP contribution in [0.15, 0.2) is 54.6 Å². The molecule has 0 aliphatic heterocycles. The van der Waals surface area contributed by atoms with Crippen LogP contribution in [0.2, 0.25) is 0 Å². The smallest absolute Gasteiger partial charge is 0.411 e. The van der Waals surface area contributed by atoms with Crippen molar-refractivity contribution >= 4 is 29.2 Å². The molecule has 5 nitrogen and oxygen atoms in total. The number of hydrogen-bond acceptors (Lipinski definition) is 4. The lowest BCUT2D eigenvalue weighted by Crippen LogP contribution is -2.35. The van der Waals surface area contributed by atoms with E-state index < -0.39 is 27.3 Å². The van der Waals surface area contributed by atoms with E-state index in [9.17, 15) is 19.3 Å². The van der Waals surface area contributed by atoms with Gasteiger partial charge in [0.2, 0.25) is 6.10 Å². The van der Waals surface area contributed by atoms with Crippen molar-refractivity contribution in [3.05, 3.63) is 81.7 Å². The van der Waals surface area contributed by atoms with E-state index in [0.717, 1.165) is 12.1 Å². The molecule has 8 heteroatoms. The molecular formula is C15H10Cl2FNO4. The molecule has 1 atom stereocenters. The van der Waals surface area contributed by atoms with Crippen LogP contribution in [0, 0.1) is 15.9 Å². The minimum absolute atomic E-state index is 0.0315. The van der Waals surface area contributed by atoms with Crippen molar-refractivity contribution in [2.45, 2.75) is 10.6 Å². The zero-order valence-electron chi connectivity index (χ0n) is 11.5. The Morgan fingerprint density at radius 1 is 1.17 bits per heavy atom. The SMILES string of the molecule is O=C(OC(c1cccc(F)c1)C(Cl)(Cl)[N+](=O)[O-])c1ccccc1. The molecular weight excluding hydrogens is 348 g/mol. The fourth-order valence-electron chi connectivity index (χ4n) is 1.85. The molecule has 2 aromatic carbocycles. The second-order valence-corrected chi connectivity index (χ2v) is 5.90. The van der Waals surface area contributed by atoms with Crippen molar-refractivity contribution in [3.8, 4) is 0 Å². The lowest BCUT2D eigenvalue weighted by Gasteiger charge is -2.23. The van der Waals surface area contributed by atoms with Crippen LogP contribution >= 0.6 is 23.2 Å². The predicted molar refractivity (Wildman–Crippen MR) is 82.4 cm³/mol. The highest BCUT2D eigenvalue weighted by atomic mass is 35.5. The third-order valence-electron chi connectivity index (χ3n) is 2.94. The van der Waals surface area contributed by atoms with Gasteiger partial charge in [-0.05, 0) is 47.5 Å². The number of nitro groups is 1. The Morgan fingerprint density at radius 2 is 1.83 bits per heavy atom. The first-order valence-electron chi connectivity index (χ1n) is 6.36. The summed E-state index contributed by atoms with van der Waals surface area (Å²) < 4.78 is 15.8. The molecule has 0 spiro atoms. The number of esters is 1. The molecule has 0 amide bonds. The number of halogens is 3. The molecule has 120 valence electrons. The summed E-state index contributed by atoms with van der Waals surface area (Å²) in [6.45, 7) is 0. The molecule has 1 unspecified atom stereocenters. The Balaban J connectivity index is 2.38. The summed E-state index contributed by atoms with van der Waals surface area (Å²) in [5.41, 5.74) is 0.123. The van der Waals surface area contributed by atoms with Gasteiger partial charge in [-0.2, -0.15) is 0 Å². The van der Waals surface area contributed by atoms with Crippen molar-refractivity contribution in [1.29, 1.82) is 0 Å². The van der Waals surface area contributed by atoms with Crippen LogP contribution < -0.4 is 0 Å². The van der Waals surface area contributed by atoms with Crippen LogP contribution in [0.4, 0.5) is 4.39 Å². The monoisotopic (exact) mass is 357 g/mol. The molecule has 23 heavy (non-hydrogen) atoms. The number of benzene rings is 2. The van der Waals surface area contributed by atoms with Crippen LogP contribution in [-0.4, -0.2) is 15.3 Å². The van der Waals surface area contributed by atoms with Gasteiger partial charge in [0.15, 0.2) is 0 Å². The quantitative estimate of drug-likeness (QED) is 0.265. The van der Waals surface area contributed by atoms with Gasteiger partial charge < -0.3 is 4.74 Å². The minimum atomic E-state index is -2.67. The fraction of sp³-hybridized carbons (Fsp3) is 0.133. The highest BCUT2D eigenvalue weighted by molar-refractivity contribution is 6.47. The fourth-order valence-corrected chi connectivity index (χ4v) is 2.20. The second kappa shape index (κ2) is 6.93. The van der Waals surface area contributed by atoms with Gasteiger partial charge in [0.05, 0.1) is 10.5 Å². The zero-order valence-corrected chi connectivity index (χ0v) is 13.0. The maximum atomic E-state index is 13.4. The van der Waals surface area contributed by atoms with Crippen molar-refractivity contribution in [2.75, 3.05) is 0 Å². The summed E-state index contributed by atoms with van der Waals surface area (Å²) in [7, 11) is 0. The first-order chi connectivity index (χ1) is 10.8. The summed E-state index contributed by atoms with van der Waals surface area (Å²) in [4.78, 5) is 22.2. The van der Waals surface area contributed by atoms with Crippen LogP contribution in [0.3, 0.4) is 0 Å². The topological polar surface area (TPSA) is 69.4 Å². The van der Waals surface area contributed by atoms with Crippen LogP contribution in [0.5, 0.6) is 0 Å². The molecule has 0 N–H and O–H groups in total. The average molecular weight is 358 g/mol. The maximum absolute atomic E-state index is 13.4. The molecule has 0 aliphatic rings. The summed E-state index contributed by atoms with van der Waals surface area (Å²) >= 11 is 11.4. The summed E-state index contributed by atoms with van der Waals surface area (Å²) in [6.07, 6.45) is -1.69. The van der Waals surface area contributed by atoms with Gasteiger partial charge in [0.25, 0.3) is 0 Å². The van der Waals surface area contributed by atoms with Gasteiger partial charge in [0.1, 0.15) is 5.82 Å². The van der Waals surface area contributed by atoms with E-state index in [1.807, 2.05) is 0 Å². The van der Waals surface area contributed by atoms with Crippen molar-refractivity contribution in [1.82, 2.24) is 0 Å². The van der Waals surface area contributed by atoms with E-state index in [1.165, 1.54) is 24.3 Å². The van der Waals surface area contributed by atoms with Gasteiger partial charge in [-0.15, -0.1) is 0 Å². The largest absolute Gasteiger partial charge is 0.443 e. The van der Waals surface area contributed by atoms with E-state index >= 15 is 0 Å². The number of carbonyl (C=O) groups excluding carboxylic acids is 1. The number of nitrogens with zero attached hydrogens (tertiary/aromatic N) is 1. The normalized spacial score (nSPS) is 12.5. The summed E-state index contributed by atoms with van der Waals surface area (Å²) in [6, 6.07) is 12.5. The van der Waals surface area contributed by atoms with E-state index in [2.05, 4.69) is 0 Å². The third kappa shape index (κ3) is 3.97. The number of hydrogen-bond donors (Lipinski definition) is 0. The summed E-state index contributed by atoms with van der Waals surface area (Å²) in [5, 5.41) is 11.1.